The molecule has 0 unspecified atom stereocenters. The van der Waals surface area contributed by atoms with Gasteiger partial charge in [-0.05, 0) is 69.4 Å². The molecule has 0 bridgehead atoms. The number of thiophene rings is 2. The highest BCUT2D eigenvalue weighted by molar-refractivity contribution is 7.17. The Kier molecular flexibility index (Phi) is 5.81. The molecular formula is C20H18O3S2. The maximum absolute atomic E-state index is 10.4. The van der Waals surface area contributed by atoms with E-state index in [2.05, 4.69) is 29.6 Å². The van der Waals surface area contributed by atoms with E-state index in [9.17, 15) is 4.79 Å². The number of aliphatic hydroxyl groups is 1. The van der Waals surface area contributed by atoms with Crippen molar-refractivity contribution in [3.63, 3.8) is 0 Å². The van der Waals surface area contributed by atoms with Crippen LogP contribution < -0.4 is 0 Å². The van der Waals surface area contributed by atoms with Gasteiger partial charge in [-0.25, -0.2) is 0 Å². The van der Waals surface area contributed by atoms with Crippen molar-refractivity contribution < 1.29 is 15.0 Å². The number of hydrogen-bond acceptors (Lipinski definition) is 4. The van der Waals surface area contributed by atoms with Gasteiger partial charge in [0.1, 0.15) is 0 Å². The minimum Gasteiger partial charge on any atom is -0.481 e. The summed E-state index contributed by atoms with van der Waals surface area (Å²) in [6, 6.07) is 16.2. The van der Waals surface area contributed by atoms with Crippen LogP contribution in [0.1, 0.15) is 11.1 Å². The molecule has 5 heteroatoms. The molecule has 25 heavy (non-hydrogen) atoms. The summed E-state index contributed by atoms with van der Waals surface area (Å²) in [4.78, 5) is 10.4. The Labute approximate surface area is 153 Å². The van der Waals surface area contributed by atoms with E-state index < -0.39 is 5.97 Å². The second kappa shape index (κ2) is 8.25. The normalized spacial score (nSPS) is 10.6. The third-order valence-corrected chi connectivity index (χ3v) is 5.59. The lowest BCUT2D eigenvalue weighted by atomic mass is 10.1. The van der Waals surface area contributed by atoms with E-state index in [1.54, 1.807) is 22.7 Å². The predicted molar refractivity (Wildman–Crippen MR) is 106 cm³/mol. The van der Waals surface area contributed by atoms with Crippen LogP contribution in [0.25, 0.3) is 20.2 Å². The van der Waals surface area contributed by atoms with Crippen molar-refractivity contribution in [3.8, 4) is 0 Å². The molecule has 2 aromatic heterocycles. The maximum Gasteiger partial charge on any atom is 0.307 e. The summed E-state index contributed by atoms with van der Waals surface area (Å²) in [6.45, 7) is 0.232. The van der Waals surface area contributed by atoms with Gasteiger partial charge in [-0.1, -0.05) is 18.2 Å². The van der Waals surface area contributed by atoms with Crippen LogP contribution in [0.3, 0.4) is 0 Å². The molecule has 0 aliphatic carbocycles. The first-order valence-electron chi connectivity index (χ1n) is 7.90. The van der Waals surface area contributed by atoms with Crippen LogP contribution in [0, 0.1) is 0 Å². The summed E-state index contributed by atoms with van der Waals surface area (Å²) >= 11 is 3.42. The summed E-state index contributed by atoms with van der Waals surface area (Å²) in [5.74, 6) is -0.783. The molecule has 0 fully saturated rings. The predicted octanol–water partition coefficient (Wildman–Crippen LogP) is 4.96. The number of rotatable bonds is 4. The number of carboxylic acids is 1. The van der Waals surface area contributed by atoms with Gasteiger partial charge in [-0.2, -0.15) is 0 Å². The number of hydrogen-bond donors (Lipinski definition) is 2. The van der Waals surface area contributed by atoms with Crippen LogP contribution in [-0.4, -0.2) is 22.8 Å². The van der Waals surface area contributed by atoms with Crippen LogP contribution >= 0.6 is 22.7 Å². The molecule has 0 aliphatic heterocycles. The Balaban J connectivity index is 0.000000146. The molecule has 0 radical (unpaired) electrons. The van der Waals surface area contributed by atoms with Gasteiger partial charge in [0.25, 0.3) is 0 Å². The first kappa shape index (κ1) is 17.6. The molecule has 0 amide bonds. The molecule has 4 rings (SSSR count). The fourth-order valence-corrected chi connectivity index (χ4v) is 4.14. The highest BCUT2D eigenvalue weighted by Crippen LogP contribution is 2.22. The van der Waals surface area contributed by atoms with E-state index in [1.807, 2.05) is 29.6 Å². The zero-order valence-corrected chi connectivity index (χ0v) is 15.1. The molecule has 4 aromatic rings. The van der Waals surface area contributed by atoms with Gasteiger partial charge in [0, 0.05) is 16.0 Å². The molecule has 0 spiro atoms. The summed E-state index contributed by atoms with van der Waals surface area (Å²) in [5, 5.41) is 23.8. The number of fused-ring (bicyclic) bond motifs is 2. The van der Waals surface area contributed by atoms with Crippen LogP contribution in [0.4, 0.5) is 0 Å². The van der Waals surface area contributed by atoms with Gasteiger partial charge < -0.3 is 10.2 Å². The standard InChI is InChI=1S/C10H8O2S.C10H10OS/c11-10(12)6-7-1-2-9-8(5-7)3-4-13-9;11-5-3-8-1-2-10-9(7-8)4-6-12-10/h1-5H,6H2,(H,11,12);1-2,4,6-7,11H,3,5H2. The van der Waals surface area contributed by atoms with Gasteiger partial charge >= 0.3 is 5.97 Å². The van der Waals surface area contributed by atoms with E-state index in [4.69, 9.17) is 10.2 Å². The monoisotopic (exact) mass is 370 g/mol. The third kappa shape index (κ3) is 4.66. The van der Waals surface area contributed by atoms with Gasteiger partial charge in [0.2, 0.25) is 0 Å². The SMILES string of the molecule is O=C(O)Cc1ccc2sccc2c1.OCCc1ccc2sccc2c1. The molecule has 0 saturated carbocycles. The lowest BCUT2D eigenvalue weighted by molar-refractivity contribution is -0.136. The second-order valence-corrected chi connectivity index (χ2v) is 7.53. The van der Waals surface area contributed by atoms with Crippen molar-refractivity contribution in [2.75, 3.05) is 6.61 Å². The summed E-state index contributed by atoms with van der Waals surface area (Å²) in [7, 11) is 0. The number of carbonyl (C=O) groups is 1. The quantitative estimate of drug-likeness (QED) is 0.533. The Bertz CT molecular complexity index is 985. The highest BCUT2D eigenvalue weighted by Gasteiger charge is 2.01. The fraction of sp³-hybridized carbons (Fsp3) is 0.150. The molecule has 3 nitrogen and oxygen atoms in total. The molecular weight excluding hydrogens is 352 g/mol. The largest absolute Gasteiger partial charge is 0.481 e. The van der Waals surface area contributed by atoms with Crippen molar-refractivity contribution in [2.45, 2.75) is 12.8 Å². The molecule has 0 saturated heterocycles. The second-order valence-electron chi connectivity index (χ2n) is 5.63. The van der Waals surface area contributed by atoms with Gasteiger partial charge in [-0.15, -0.1) is 22.7 Å². The number of benzene rings is 2. The van der Waals surface area contributed by atoms with E-state index in [1.165, 1.54) is 20.3 Å². The maximum atomic E-state index is 10.4. The first-order chi connectivity index (χ1) is 12.2. The molecule has 2 aromatic carbocycles. The summed E-state index contributed by atoms with van der Waals surface area (Å²) in [5.41, 5.74) is 2.07. The molecule has 128 valence electrons. The van der Waals surface area contributed by atoms with E-state index in [0.717, 1.165) is 17.4 Å². The first-order valence-corrected chi connectivity index (χ1v) is 9.66. The zero-order valence-electron chi connectivity index (χ0n) is 13.5. The number of aliphatic hydroxyl groups excluding tert-OH is 1. The van der Waals surface area contributed by atoms with Crippen molar-refractivity contribution >= 4 is 48.8 Å². The average Bonchev–Trinajstić information content (AvgIpc) is 3.23. The molecule has 0 aliphatic rings. The Morgan fingerprint density at radius 1 is 0.840 bits per heavy atom. The van der Waals surface area contributed by atoms with E-state index in [-0.39, 0.29) is 13.0 Å². The van der Waals surface area contributed by atoms with Crippen LogP contribution in [0.2, 0.25) is 0 Å². The van der Waals surface area contributed by atoms with E-state index in [0.29, 0.717) is 0 Å². The Hall–Kier alpha value is -2.21. The molecule has 2 N–H and O–H groups in total. The van der Waals surface area contributed by atoms with Gasteiger partial charge in [0.15, 0.2) is 0 Å². The Morgan fingerprint density at radius 2 is 1.40 bits per heavy atom. The van der Waals surface area contributed by atoms with Gasteiger partial charge in [0.05, 0.1) is 6.42 Å². The molecule has 0 atom stereocenters. The lowest BCUT2D eigenvalue weighted by Gasteiger charge is -1.97. The zero-order chi connectivity index (χ0) is 17.6. The van der Waals surface area contributed by atoms with Crippen molar-refractivity contribution in [3.05, 3.63) is 70.4 Å². The molecule has 2 heterocycles. The van der Waals surface area contributed by atoms with Crippen LogP contribution in [-0.2, 0) is 17.6 Å². The van der Waals surface area contributed by atoms with E-state index >= 15 is 0 Å². The Morgan fingerprint density at radius 3 is 1.96 bits per heavy atom. The van der Waals surface area contributed by atoms with Crippen LogP contribution in [0.15, 0.2) is 59.3 Å². The summed E-state index contributed by atoms with van der Waals surface area (Å²) < 4.78 is 2.52. The summed E-state index contributed by atoms with van der Waals surface area (Å²) in [6.07, 6.45) is 0.859. The minimum atomic E-state index is -0.783. The van der Waals surface area contributed by atoms with Crippen molar-refractivity contribution in [2.24, 2.45) is 0 Å². The smallest absolute Gasteiger partial charge is 0.307 e. The fourth-order valence-electron chi connectivity index (χ4n) is 2.60. The third-order valence-electron chi connectivity index (χ3n) is 3.79. The number of aliphatic carboxylic acids is 1. The van der Waals surface area contributed by atoms with Gasteiger partial charge in [-0.3, -0.25) is 4.79 Å². The topological polar surface area (TPSA) is 57.5 Å². The highest BCUT2D eigenvalue weighted by atomic mass is 32.1. The van der Waals surface area contributed by atoms with Crippen molar-refractivity contribution in [1.82, 2.24) is 0 Å². The van der Waals surface area contributed by atoms with Crippen molar-refractivity contribution in [1.29, 1.82) is 0 Å². The minimum absolute atomic E-state index is 0.103. The average molecular weight is 370 g/mol. The van der Waals surface area contributed by atoms with Crippen LogP contribution in [0.5, 0.6) is 0 Å². The lowest BCUT2D eigenvalue weighted by Crippen LogP contribution is -1.99. The number of carboxylic acid groups (broad SMARTS) is 1.